The van der Waals surface area contributed by atoms with Gasteiger partial charge in [0.25, 0.3) is 0 Å². The van der Waals surface area contributed by atoms with Gasteiger partial charge in [0.05, 0.1) is 23.1 Å². The van der Waals surface area contributed by atoms with E-state index in [2.05, 4.69) is 58.4 Å². The van der Waals surface area contributed by atoms with Crippen LogP contribution < -0.4 is 10.6 Å². The van der Waals surface area contributed by atoms with Crippen molar-refractivity contribution < 1.29 is 0 Å². The highest BCUT2D eigenvalue weighted by Gasteiger charge is 2.03. The van der Waals surface area contributed by atoms with Crippen LogP contribution >= 0.6 is 22.9 Å². The zero-order chi connectivity index (χ0) is 17.4. The molecule has 0 unspecified atom stereocenters. The summed E-state index contributed by atoms with van der Waals surface area (Å²) in [5.41, 5.74) is 11.3. The highest BCUT2D eigenvalue weighted by atomic mass is 35.5. The number of nitrogens with zero attached hydrogens (tertiary/aromatic N) is 3. The highest BCUT2D eigenvalue weighted by molar-refractivity contribution is 7.07. The molecule has 24 heavy (non-hydrogen) atoms. The number of pyridine rings is 1. The molecule has 0 aliphatic rings. The highest BCUT2D eigenvalue weighted by Crippen LogP contribution is 2.22. The predicted molar refractivity (Wildman–Crippen MR) is 105 cm³/mol. The number of thiazole rings is 1. The largest absolute Gasteiger partial charge is 0.397 e. The summed E-state index contributed by atoms with van der Waals surface area (Å²) in [5.74, 6) is 0. The fourth-order valence-corrected chi connectivity index (χ4v) is 2.85. The Morgan fingerprint density at radius 3 is 2.21 bits per heavy atom. The van der Waals surface area contributed by atoms with Crippen LogP contribution in [0.1, 0.15) is 13.8 Å². The van der Waals surface area contributed by atoms with Gasteiger partial charge in [-0.25, -0.2) is 9.97 Å². The number of hydrogen-bond acceptors (Lipinski definition) is 5. The van der Waals surface area contributed by atoms with E-state index in [9.17, 15) is 0 Å². The van der Waals surface area contributed by atoms with Crippen molar-refractivity contribution in [3.63, 3.8) is 0 Å². The Morgan fingerprint density at radius 1 is 1.04 bits per heavy atom. The first-order chi connectivity index (χ1) is 11.6. The standard InChI is InChI=1S/C13H16N2S.C5H5ClN2/c1-3-15(4-2)12-7-5-11(6-8-12)13-9-16-10-14-13;6-5-2-1-4(7)3-8-5/h5-10H,3-4H2,1-2H3;1-3H,7H2. The lowest BCUT2D eigenvalue weighted by Gasteiger charge is -2.20. The second-order valence-electron chi connectivity index (χ2n) is 5.01. The average molecular weight is 361 g/mol. The lowest BCUT2D eigenvalue weighted by Crippen LogP contribution is -2.21. The molecule has 2 N–H and O–H groups in total. The topological polar surface area (TPSA) is 55.0 Å². The molecular weight excluding hydrogens is 340 g/mol. The fraction of sp³-hybridized carbons (Fsp3) is 0.222. The average Bonchev–Trinajstić information content (AvgIpc) is 3.14. The van der Waals surface area contributed by atoms with Crippen molar-refractivity contribution >= 4 is 34.3 Å². The van der Waals surface area contributed by atoms with Crippen molar-refractivity contribution in [3.05, 3.63) is 58.6 Å². The Kier molecular flexibility index (Phi) is 7.03. The van der Waals surface area contributed by atoms with Gasteiger partial charge in [0.2, 0.25) is 0 Å². The van der Waals surface area contributed by atoms with Gasteiger partial charge in [-0.05, 0) is 38.1 Å². The van der Waals surface area contributed by atoms with E-state index >= 15 is 0 Å². The second-order valence-corrected chi connectivity index (χ2v) is 6.11. The molecule has 0 saturated carbocycles. The van der Waals surface area contributed by atoms with E-state index in [0.29, 0.717) is 10.8 Å². The molecule has 0 spiro atoms. The SMILES string of the molecule is CCN(CC)c1ccc(-c2cscn2)cc1.Nc1ccc(Cl)nc1. The van der Waals surface area contributed by atoms with Crippen molar-refractivity contribution in [2.45, 2.75) is 13.8 Å². The number of rotatable bonds is 4. The van der Waals surface area contributed by atoms with Crippen LogP contribution in [0.4, 0.5) is 11.4 Å². The first-order valence-electron chi connectivity index (χ1n) is 7.74. The Morgan fingerprint density at radius 2 is 1.75 bits per heavy atom. The fourth-order valence-electron chi connectivity index (χ4n) is 2.17. The van der Waals surface area contributed by atoms with Gasteiger partial charge in [-0.1, -0.05) is 23.7 Å². The predicted octanol–water partition coefficient (Wildman–Crippen LogP) is 4.97. The molecular formula is C18H21ClN4S. The number of halogens is 1. The summed E-state index contributed by atoms with van der Waals surface area (Å²) < 4.78 is 0. The van der Waals surface area contributed by atoms with Gasteiger partial charge in [0, 0.05) is 29.7 Å². The van der Waals surface area contributed by atoms with Crippen molar-refractivity contribution in [3.8, 4) is 11.3 Å². The number of benzene rings is 1. The van der Waals surface area contributed by atoms with Crippen LogP contribution in [0.3, 0.4) is 0 Å². The molecule has 0 saturated heterocycles. The molecule has 2 aromatic heterocycles. The number of aromatic nitrogens is 2. The minimum absolute atomic E-state index is 0.471. The lowest BCUT2D eigenvalue weighted by molar-refractivity contribution is 0.866. The third kappa shape index (κ3) is 5.22. The van der Waals surface area contributed by atoms with Crippen molar-refractivity contribution in [1.82, 2.24) is 9.97 Å². The number of nitrogens with two attached hydrogens (primary N) is 1. The number of hydrogen-bond donors (Lipinski definition) is 1. The van der Waals surface area contributed by atoms with E-state index in [-0.39, 0.29) is 0 Å². The molecule has 3 aromatic rings. The summed E-state index contributed by atoms with van der Waals surface area (Å²) in [4.78, 5) is 10.4. The smallest absolute Gasteiger partial charge is 0.129 e. The van der Waals surface area contributed by atoms with Crippen LogP contribution in [0.25, 0.3) is 11.3 Å². The Hall–Kier alpha value is -2.11. The number of nitrogen functional groups attached to an aromatic ring is 1. The molecule has 2 heterocycles. The van der Waals surface area contributed by atoms with Crippen LogP contribution in [-0.2, 0) is 0 Å². The monoisotopic (exact) mass is 360 g/mol. The van der Waals surface area contributed by atoms with E-state index in [1.807, 2.05) is 5.51 Å². The zero-order valence-electron chi connectivity index (χ0n) is 13.8. The Balaban J connectivity index is 0.000000219. The van der Waals surface area contributed by atoms with Crippen LogP contribution in [0, 0.1) is 0 Å². The first kappa shape index (κ1) is 18.2. The summed E-state index contributed by atoms with van der Waals surface area (Å²) in [6.07, 6.45) is 1.52. The van der Waals surface area contributed by atoms with Gasteiger partial charge >= 0.3 is 0 Å². The van der Waals surface area contributed by atoms with E-state index in [1.54, 1.807) is 23.5 Å². The second kappa shape index (κ2) is 9.25. The summed E-state index contributed by atoms with van der Waals surface area (Å²) in [6.45, 7) is 6.45. The summed E-state index contributed by atoms with van der Waals surface area (Å²) in [6, 6.07) is 12.0. The van der Waals surface area contributed by atoms with Crippen LogP contribution in [-0.4, -0.2) is 23.1 Å². The maximum atomic E-state index is 5.44. The Bertz CT molecular complexity index is 687. The molecule has 4 nitrogen and oxygen atoms in total. The van der Waals surface area contributed by atoms with Gasteiger partial charge in [0.15, 0.2) is 0 Å². The first-order valence-corrected chi connectivity index (χ1v) is 9.06. The van der Waals surface area contributed by atoms with Gasteiger partial charge < -0.3 is 10.6 Å². The molecule has 1 aromatic carbocycles. The Labute approximate surface area is 151 Å². The zero-order valence-corrected chi connectivity index (χ0v) is 15.4. The molecule has 0 fully saturated rings. The minimum Gasteiger partial charge on any atom is -0.397 e. The van der Waals surface area contributed by atoms with Crippen LogP contribution in [0.15, 0.2) is 53.5 Å². The quantitative estimate of drug-likeness (QED) is 0.667. The lowest BCUT2D eigenvalue weighted by atomic mass is 10.1. The molecule has 0 atom stereocenters. The molecule has 0 bridgehead atoms. The normalized spacial score (nSPS) is 9.96. The molecule has 0 aliphatic carbocycles. The maximum absolute atomic E-state index is 5.44. The molecule has 126 valence electrons. The van der Waals surface area contributed by atoms with E-state index in [4.69, 9.17) is 17.3 Å². The van der Waals surface area contributed by atoms with E-state index in [1.165, 1.54) is 17.4 Å². The van der Waals surface area contributed by atoms with Crippen LogP contribution in [0.5, 0.6) is 0 Å². The molecule has 0 radical (unpaired) electrons. The minimum atomic E-state index is 0.471. The molecule has 6 heteroatoms. The van der Waals surface area contributed by atoms with Crippen LogP contribution in [0.2, 0.25) is 5.15 Å². The number of anilines is 2. The maximum Gasteiger partial charge on any atom is 0.129 e. The summed E-state index contributed by atoms with van der Waals surface area (Å²) in [7, 11) is 0. The van der Waals surface area contributed by atoms with E-state index < -0.39 is 0 Å². The van der Waals surface area contributed by atoms with Crippen molar-refractivity contribution in [2.24, 2.45) is 0 Å². The van der Waals surface area contributed by atoms with Gasteiger partial charge in [0.1, 0.15) is 5.15 Å². The van der Waals surface area contributed by atoms with Gasteiger partial charge in [-0.3, -0.25) is 0 Å². The van der Waals surface area contributed by atoms with E-state index in [0.717, 1.165) is 18.8 Å². The molecule has 0 aliphatic heterocycles. The van der Waals surface area contributed by atoms with Crippen molar-refractivity contribution in [1.29, 1.82) is 0 Å². The molecule has 0 amide bonds. The summed E-state index contributed by atoms with van der Waals surface area (Å²) >= 11 is 7.08. The van der Waals surface area contributed by atoms with Crippen molar-refractivity contribution in [2.75, 3.05) is 23.7 Å². The van der Waals surface area contributed by atoms with Gasteiger partial charge in [-0.15, -0.1) is 11.3 Å². The third-order valence-electron chi connectivity index (χ3n) is 3.47. The van der Waals surface area contributed by atoms with Gasteiger partial charge in [-0.2, -0.15) is 0 Å². The third-order valence-corrected chi connectivity index (χ3v) is 4.28. The summed E-state index contributed by atoms with van der Waals surface area (Å²) in [5, 5.41) is 2.55. The molecule has 3 rings (SSSR count).